The van der Waals surface area contributed by atoms with Crippen LogP contribution in [0.3, 0.4) is 0 Å². The molecule has 0 aliphatic carbocycles. The Bertz CT molecular complexity index is 330. The summed E-state index contributed by atoms with van der Waals surface area (Å²) in [5.41, 5.74) is 0. The molecule has 0 aromatic rings. The average Bonchev–Trinajstić information content (AvgIpc) is 2.71. The fourth-order valence-corrected chi connectivity index (χ4v) is 5.47. The minimum atomic E-state index is -4.16. The minimum Gasteiger partial charge on any atom is -0.377 e. The highest BCUT2D eigenvalue weighted by Crippen LogP contribution is 2.18. The van der Waals surface area contributed by atoms with Gasteiger partial charge in [-0.05, 0) is 13.3 Å². The Labute approximate surface area is 188 Å². The van der Waals surface area contributed by atoms with Crippen LogP contribution < -0.4 is 0 Å². The SMILES string of the molecule is CCCCCCCCCCCCCCCC[Si](OC)(OC)OC.CCO[Si](O)(O)O. The predicted molar refractivity (Wildman–Crippen MR) is 126 cm³/mol. The molecule has 0 radical (unpaired) electrons. The van der Waals surface area contributed by atoms with E-state index in [-0.39, 0.29) is 6.61 Å². The van der Waals surface area contributed by atoms with Gasteiger partial charge in [0.15, 0.2) is 0 Å². The summed E-state index contributed by atoms with van der Waals surface area (Å²) in [4.78, 5) is 24.1. The molecule has 3 N–H and O–H groups in total. The van der Waals surface area contributed by atoms with Gasteiger partial charge in [0.1, 0.15) is 0 Å². The van der Waals surface area contributed by atoms with Crippen LogP contribution in [0, 0.1) is 0 Å². The van der Waals surface area contributed by atoms with E-state index in [1.165, 1.54) is 83.5 Å². The van der Waals surface area contributed by atoms with Crippen molar-refractivity contribution >= 4 is 17.9 Å². The van der Waals surface area contributed by atoms with Crippen molar-refractivity contribution in [2.45, 2.75) is 110 Å². The summed E-state index contributed by atoms with van der Waals surface area (Å²) in [6, 6.07) is 0.939. The molecule has 0 aromatic carbocycles. The number of hydrogen-bond donors (Lipinski definition) is 3. The van der Waals surface area contributed by atoms with Gasteiger partial charge in [-0.15, -0.1) is 0 Å². The second-order valence-corrected chi connectivity index (χ2v) is 12.2. The van der Waals surface area contributed by atoms with Gasteiger partial charge in [0.25, 0.3) is 0 Å². The molecule has 30 heavy (non-hydrogen) atoms. The lowest BCUT2D eigenvalue weighted by molar-refractivity contribution is 0.0687. The Morgan fingerprint density at radius 2 is 0.867 bits per heavy atom. The first-order valence-corrected chi connectivity index (χ1v) is 15.5. The topological polar surface area (TPSA) is 97.6 Å². The lowest BCUT2D eigenvalue weighted by Gasteiger charge is -2.24. The molecule has 0 spiro atoms. The normalized spacial score (nSPS) is 12.0. The fourth-order valence-electron chi connectivity index (χ4n) is 3.29. The highest BCUT2D eigenvalue weighted by atomic mass is 28.4. The second kappa shape index (κ2) is 22.4. The first-order valence-electron chi connectivity index (χ1n) is 11.8. The third-order valence-electron chi connectivity index (χ3n) is 5.11. The van der Waals surface area contributed by atoms with E-state index in [0.717, 1.165) is 12.5 Å². The number of unbranched alkanes of at least 4 members (excludes halogenated alkanes) is 13. The molecule has 0 aliphatic rings. The Kier molecular flexibility index (Phi) is 24.1. The van der Waals surface area contributed by atoms with Crippen molar-refractivity contribution in [2.75, 3.05) is 27.9 Å². The Hall–Kier alpha value is 0.154. The highest BCUT2D eigenvalue weighted by Gasteiger charge is 2.36. The molecular formula is C21H50O7Si2. The molecule has 0 saturated heterocycles. The van der Waals surface area contributed by atoms with Gasteiger partial charge in [0, 0.05) is 34.0 Å². The smallest absolute Gasteiger partial charge is 0.377 e. The molecule has 0 saturated carbocycles. The van der Waals surface area contributed by atoms with E-state index in [9.17, 15) is 0 Å². The van der Waals surface area contributed by atoms with Crippen molar-refractivity contribution in [3.63, 3.8) is 0 Å². The van der Waals surface area contributed by atoms with E-state index in [4.69, 9.17) is 27.7 Å². The summed E-state index contributed by atoms with van der Waals surface area (Å²) in [5.74, 6) is 0. The number of rotatable bonds is 20. The Morgan fingerprint density at radius 3 is 1.10 bits per heavy atom. The van der Waals surface area contributed by atoms with E-state index in [1.807, 2.05) is 0 Å². The van der Waals surface area contributed by atoms with Crippen LogP contribution in [-0.4, -0.2) is 60.2 Å². The standard InChI is InChI=1S/C19H42O3Si.C2H8O4Si/c1-5-6-7-8-9-10-11-12-13-14-15-16-17-18-19-23(20-2,21-3)22-4;1-2-6-7(3,4)5/h5-19H2,1-4H3;3-5H,2H2,1H3. The Balaban J connectivity index is 0. The van der Waals surface area contributed by atoms with E-state index in [2.05, 4.69) is 11.3 Å². The van der Waals surface area contributed by atoms with Crippen LogP contribution in [0.5, 0.6) is 0 Å². The predicted octanol–water partition coefficient (Wildman–Crippen LogP) is 4.78. The van der Waals surface area contributed by atoms with E-state index in [1.54, 1.807) is 28.3 Å². The second-order valence-electron chi connectivity index (χ2n) is 7.65. The van der Waals surface area contributed by atoms with Crippen molar-refractivity contribution in [3.05, 3.63) is 0 Å². The molecule has 9 heteroatoms. The van der Waals surface area contributed by atoms with Crippen LogP contribution in [0.1, 0.15) is 104 Å². The van der Waals surface area contributed by atoms with Crippen molar-refractivity contribution < 1.29 is 32.1 Å². The summed E-state index contributed by atoms with van der Waals surface area (Å²) >= 11 is 0. The summed E-state index contributed by atoms with van der Waals surface area (Å²) in [5, 5.41) is 0. The lowest BCUT2D eigenvalue weighted by atomic mass is 10.0. The maximum atomic E-state index is 8.05. The van der Waals surface area contributed by atoms with Gasteiger partial charge in [0.2, 0.25) is 0 Å². The molecule has 184 valence electrons. The van der Waals surface area contributed by atoms with Gasteiger partial charge in [0.05, 0.1) is 0 Å². The van der Waals surface area contributed by atoms with Crippen molar-refractivity contribution in [3.8, 4) is 0 Å². The van der Waals surface area contributed by atoms with Crippen molar-refractivity contribution in [1.82, 2.24) is 0 Å². The molecule has 7 nitrogen and oxygen atoms in total. The summed E-state index contributed by atoms with van der Waals surface area (Å²) in [7, 11) is -1.39. The third-order valence-corrected chi connectivity index (χ3v) is 8.62. The number of hydrogen-bond acceptors (Lipinski definition) is 7. The zero-order chi connectivity index (χ0) is 23.1. The fraction of sp³-hybridized carbons (Fsp3) is 1.00. The molecule has 0 atom stereocenters. The van der Waals surface area contributed by atoms with Crippen LogP contribution in [0.25, 0.3) is 0 Å². The first kappa shape index (κ1) is 32.3. The minimum absolute atomic E-state index is 0.121. The quantitative estimate of drug-likeness (QED) is 0.174. The summed E-state index contributed by atoms with van der Waals surface area (Å²) in [6.45, 7) is 3.96. The van der Waals surface area contributed by atoms with Gasteiger partial charge in [-0.3, -0.25) is 0 Å². The molecule has 0 fully saturated rings. The molecule has 0 unspecified atom stereocenters. The first-order chi connectivity index (χ1) is 14.3. The van der Waals surface area contributed by atoms with Crippen LogP contribution >= 0.6 is 0 Å². The third kappa shape index (κ3) is 22.8. The molecular weight excluding hydrogens is 420 g/mol. The van der Waals surface area contributed by atoms with E-state index < -0.39 is 17.9 Å². The monoisotopic (exact) mass is 470 g/mol. The van der Waals surface area contributed by atoms with Crippen LogP contribution in [0.4, 0.5) is 0 Å². The van der Waals surface area contributed by atoms with Crippen LogP contribution in [0.15, 0.2) is 0 Å². The maximum absolute atomic E-state index is 8.05. The molecule has 0 amide bonds. The zero-order valence-electron chi connectivity index (χ0n) is 20.3. The summed E-state index contributed by atoms with van der Waals surface area (Å²) < 4.78 is 20.4. The highest BCUT2D eigenvalue weighted by molar-refractivity contribution is 6.60. The van der Waals surface area contributed by atoms with Crippen LogP contribution in [0.2, 0.25) is 6.04 Å². The van der Waals surface area contributed by atoms with Gasteiger partial charge in [-0.25, -0.2) is 0 Å². The maximum Gasteiger partial charge on any atom is 0.671 e. The Morgan fingerprint density at radius 1 is 0.533 bits per heavy atom. The molecule has 0 bridgehead atoms. The molecule has 0 aromatic heterocycles. The van der Waals surface area contributed by atoms with Gasteiger partial charge in [-0.2, -0.15) is 0 Å². The molecule has 0 rings (SSSR count). The van der Waals surface area contributed by atoms with Crippen molar-refractivity contribution in [1.29, 1.82) is 0 Å². The summed E-state index contributed by atoms with van der Waals surface area (Å²) in [6.07, 6.45) is 19.4. The average molecular weight is 471 g/mol. The van der Waals surface area contributed by atoms with E-state index >= 15 is 0 Å². The molecule has 0 aliphatic heterocycles. The van der Waals surface area contributed by atoms with Crippen LogP contribution in [-0.2, 0) is 17.7 Å². The molecule has 0 heterocycles. The lowest BCUT2D eigenvalue weighted by Crippen LogP contribution is -2.42. The van der Waals surface area contributed by atoms with Crippen molar-refractivity contribution in [2.24, 2.45) is 0 Å². The van der Waals surface area contributed by atoms with Gasteiger partial charge < -0.3 is 32.1 Å². The van der Waals surface area contributed by atoms with Gasteiger partial charge in [-0.1, -0.05) is 90.4 Å². The zero-order valence-corrected chi connectivity index (χ0v) is 22.3. The van der Waals surface area contributed by atoms with E-state index in [0.29, 0.717) is 0 Å². The largest absolute Gasteiger partial charge is 0.671 e. The van der Waals surface area contributed by atoms with Gasteiger partial charge >= 0.3 is 17.9 Å².